The third-order valence-electron chi connectivity index (χ3n) is 6.70. The highest BCUT2D eigenvalue weighted by Crippen LogP contribution is 2.16. The van der Waals surface area contributed by atoms with Crippen LogP contribution in [-0.2, 0) is 23.2 Å². The molecule has 0 fully saturated rings. The summed E-state index contributed by atoms with van der Waals surface area (Å²) in [5.74, 6) is -0.320. The molecule has 2 rings (SSSR count). The van der Waals surface area contributed by atoms with Crippen LogP contribution in [0, 0.1) is 0 Å². The van der Waals surface area contributed by atoms with Crippen LogP contribution in [0.1, 0.15) is 103 Å². The second kappa shape index (κ2) is 17.6. The number of hydrogen-bond donors (Lipinski definition) is 0. The molecule has 2 aromatic heterocycles. The lowest BCUT2D eigenvalue weighted by Gasteiger charge is -2.05. The molecule has 35 heavy (non-hydrogen) atoms. The number of aromatic nitrogens is 2. The number of rotatable bonds is 20. The van der Waals surface area contributed by atoms with E-state index in [9.17, 15) is 13.0 Å². The van der Waals surface area contributed by atoms with Crippen LogP contribution in [0.4, 0.5) is 0 Å². The first kappa shape index (κ1) is 29.4. The van der Waals surface area contributed by atoms with Crippen LogP contribution in [0.2, 0.25) is 0 Å². The highest BCUT2D eigenvalue weighted by atomic mass is 32.2. The Morgan fingerprint density at radius 3 is 1.29 bits per heavy atom. The van der Waals surface area contributed by atoms with Crippen molar-refractivity contribution in [3.8, 4) is 11.1 Å². The van der Waals surface area contributed by atoms with Gasteiger partial charge in [-0.05, 0) is 17.5 Å². The fraction of sp³-hybridized carbons (Fsp3) is 0.655. The highest BCUT2D eigenvalue weighted by molar-refractivity contribution is 7.85. The van der Waals surface area contributed by atoms with Crippen LogP contribution >= 0.6 is 0 Å². The van der Waals surface area contributed by atoms with E-state index in [1.807, 2.05) is 29.1 Å². The van der Waals surface area contributed by atoms with Gasteiger partial charge in [0.1, 0.15) is 13.1 Å². The summed E-state index contributed by atoms with van der Waals surface area (Å²) in [6.07, 6.45) is 27.9. The molecule has 0 aliphatic rings. The van der Waals surface area contributed by atoms with Crippen LogP contribution in [0.15, 0.2) is 49.1 Å². The minimum absolute atomic E-state index is 0.320. The van der Waals surface area contributed by atoms with Crippen molar-refractivity contribution in [2.75, 3.05) is 5.75 Å². The Kier molecular flexibility index (Phi) is 14.8. The van der Waals surface area contributed by atoms with Crippen molar-refractivity contribution >= 4 is 10.1 Å². The van der Waals surface area contributed by atoms with E-state index in [1.54, 1.807) is 0 Å². The molecule has 0 aliphatic carbocycles. The van der Waals surface area contributed by atoms with E-state index in [2.05, 4.69) is 36.0 Å². The van der Waals surface area contributed by atoms with Crippen molar-refractivity contribution in [3.63, 3.8) is 0 Å². The van der Waals surface area contributed by atoms with E-state index in [-0.39, 0.29) is 5.75 Å². The van der Waals surface area contributed by atoms with E-state index < -0.39 is 10.1 Å². The van der Waals surface area contributed by atoms with Crippen LogP contribution in [-0.4, -0.2) is 18.7 Å². The molecular formula is C29H47N2O3S+. The number of hydrogen-bond acceptors (Lipinski definition) is 3. The Morgan fingerprint density at radius 2 is 0.914 bits per heavy atom. The zero-order chi connectivity index (χ0) is 25.2. The molecule has 0 bridgehead atoms. The molecule has 196 valence electrons. The molecule has 0 saturated carbocycles. The molecule has 2 aromatic rings. The molecule has 5 nitrogen and oxygen atoms in total. The lowest BCUT2D eigenvalue weighted by molar-refractivity contribution is -0.697. The highest BCUT2D eigenvalue weighted by Gasteiger charge is 2.07. The normalized spacial score (nSPS) is 11.7. The van der Waals surface area contributed by atoms with Crippen molar-refractivity contribution < 1.29 is 22.1 Å². The summed E-state index contributed by atoms with van der Waals surface area (Å²) in [7, 11) is -4.14. The minimum Gasteiger partial charge on any atom is -0.748 e. The second-order valence-corrected chi connectivity index (χ2v) is 11.4. The average molecular weight is 504 g/mol. The van der Waals surface area contributed by atoms with Gasteiger partial charge in [-0.3, -0.25) is 0 Å². The van der Waals surface area contributed by atoms with Gasteiger partial charge in [-0.2, -0.15) is 0 Å². The number of unbranched alkanes of at least 4 members (excludes halogenated alkanes) is 13. The summed E-state index contributed by atoms with van der Waals surface area (Å²) in [6.45, 7) is 3.87. The molecule has 0 unspecified atom stereocenters. The van der Waals surface area contributed by atoms with Gasteiger partial charge in [0.2, 0.25) is 0 Å². The maximum atomic E-state index is 10.7. The molecule has 0 amide bonds. The van der Waals surface area contributed by atoms with Crippen molar-refractivity contribution in [1.29, 1.82) is 0 Å². The lowest BCUT2D eigenvalue weighted by atomic mass is 10.0. The standard InChI is InChI=1S/C29H47N2O3S/c1-2-3-4-5-6-7-8-9-10-11-12-13-14-15-21-30-23-17-28(18-24-30)29-19-25-31(26-20-29)22-16-27-35(32,33)34/h17-20,23-26H,2-16,21-22,27H2,1H3/q+1. The monoisotopic (exact) mass is 503 g/mol. The lowest BCUT2D eigenvalue weighted by Crippen LogP contribution is -2.33. The van der Waals surface area contributed by atoms with Crippen LogP contribution in [0.5, 0.6) is 0 Å². The van der Waals surface area contributed by atoms with Crippen molar-refractivity contribution in [2.24, 2.45) is 0 Å². The predicted molar refractivity (Wildman–Crippen MR) is 142 cm³/mol. The molecule has 0 saturated heterocycles. The summed E-state index contributed by atoms with van der Waals surface area (Å²) in [4.78, 5) is 0. The zero-order valence-corrected chi connectivity index (χ0v) is 22.7. The van der Waals surface area contributed by atoms with Gasteiger partial charge in [-0.1, -0.05) is 84.0 Å². The van der Waals surface area contributed by atoms with Gasteiger partial charge >= 0.3 is 0 Å². The quantitative estimate of drug-likeness (QED) is 0.120. The van der Waals surface area contributed by atoms with Crippen molar-refractivity contribution in [1.82, 2.24) is 0 Å². The van der Waals surface area contributed by atoms with Gasteiger partial charge in [-0.15, -0.1) is 0 Å². The minimum atomic E-state index is -4.14. The Hall–Kier alpha value is -1.79. The molecule has 0 aromatic carbocycles. The fourth-order valence-corrected chi connectivity index (χ4v) is 4.99. The molecule has 0 radical (unpaired) electrons. The van der Waals surface area contributed by atoms with Crippen LogP contribution in [0.25, 0.3) is 11.1 Å². The smallest absolute Gasteiger partial charge is 0.169 e. The van der Waals surface area contributed by atoms with E-state index in [0.29, 0.717) is 13.0 Å². The zero-order valence-electron chi connectivity index (χ0n) is 21.9. The first-order valence-corrected chi connectivity index (χ1v) is 15.5. The van der Waals surface area contributed by atoms with Crippen LogP contribution < -0.4 is 9.13 Å². The Morgan fingerprint density at radius 1 is 0.571 bits per heavy atom. The maximum Gasteiger partial charge on any atom is 0.169 e. The van der Waals surface area contributed by atoms with Crippen LogP contribution in [0.3, 0.4) is 0 Å². The van der Waals surface area contributed by atoms with Gasteiger partial charge in [-0.25, -0.2) is 17.6 Å². The molecule has 0 N–H and O–H groups in total. The van der Waals surface area contributed by atoms with Gasteiger partial charge in [0.05, 0.1) is 10.1 Å². The number of aryl methyl sites for hydroxylation is 2. The summed E-state index contributed by atoms with van der Waals surface area (Å²) < 4.78 is 36.3. The van der Waals surface area contributed by atoms with E-state index in [0.717, 1.165) is 17.7 Å². The SMILES string of the molecule is CCCCCCCCCCCCCCCC[n+]1ccc(-c2cc[n+](CCCS(=O)(=O)[O-])cc2)cc1. The van der Waals surface area contributed by atoms with E-state index in [1.165, 1.54) is 89.9 Å². The van der Waals surface area contributed by atoms with Crippen molar-refractivity contribution in [2.45, 2.75) is 116 Å². The molecule has 0 atom stereocenters. The van der Waals surface area contributed by atoms with E-state index in [4.69, 9.17) is 0 Å². The third kappa shape index (κ3) is 14.4. The largest absolute Gasteiger partial charge is 0.748 e. The first-order valence-electron chi connectivity index (χ1n) is 13.9. The molecule has 0 aliphatic heterocycles. The molecule has 0 spiro atoms. The fourth-order valence-electron chi connectivity index (χ4n) is 4.51. The summed E-state index contributed by atoms with van der Waals surface area (Å²) in [6, 6.07) is 8.35. The Labute approximate surface area is 214 Å². The van der Waals surface area contributed by atoms with Gasteiger partial charge in [0.25, 0.3) is 0 Å². The van der Waals surface area contributed by atoms with E-state index >= 15 is 0 Å². The topological polar surface area (TPSA) is 65.0 Å². The summed E-state index contributed by atoms with van der Waals surface area (Å²) in [5.41, 5.74) is 2.29. The molecular weight excluding hydrogens is 456 g/mol. The summed E-state index contributed by atoms with van der Waals surface area (Å²) >= 11 is 0. The first-order chi connectivity index (χ1) is 17.0. The average Bonchev–Trinajstić information content (AvgIpc) is 2.84. The summed E-state index contributed by atoms with van der Waals surface area (Å²) in [5, 5.41) is 0. The van der Waals surface area contributed by atoms with Gasteiger partial charge in [0.15, 0.2) is 24.8 Å². The Bertz CT molecular complexity index is 897. The van der Waals surface area contributed by atoms with Crippen molar-refractivity contribution in [3.05, 3.63) is 49.1 Å². The second-order valence-electron chi connectivity index (χ2n) is 9.86. The molecule has 6 heteroatoms. The third-order valence-corrected chi connectivity index (χ3v) is 7.48. The maximum absolute atomic E-state index is 10.7. The Balaban J connectivity index is 1.53. The number of nitrogens with zero attached hydrogens (tertiary/aromatic N) is 2. The predicted octanol–water partition coefficient (Wildman–Crippen LogP) is 6.35. The van der Waals surface area contributed by atoms with Gasteiger partial charge < -0.3 is 4.55 Å². The molecule has 2 heterocycles. The van der Waals surface area contributed by atoms with Gasteiger partial charge in [0, 0.05) is 42.9 Å². The number of pyridine rings is 2.